The minimum Gasteiger partial charge on any atom is -0.309 e. The summed E-state index contributed by atoms with van der Waals surface area (Å²) in [5, 5.41) is 8.22. The molecule has 4 heterocycles. The maximum Gasteiger partial charge on any atom is 0.346 e. The maximum absolute atomic E-state index is 12.6. The van der Waals surface area contributed by atoms with E-state index in [0.29, 0.717) is 25.9 Å². The number of thiol groups is 1. The van der Waals surface area contributed by atoms with Gasteiger partial charge in [-0.1, -0.05) is 0 Å². The summed E-state index contributed by atoms with van der Waals surface area (Å²) in [5.74, 6) is -0.453. The van der Waals surface area contributed by atoms with Crippen LogP contribution in [-0.2, 0) is 38.5 Å². The first-order valence-electron chi connectivity index (χ1n) is 8.55. The van der Waals surface area contributed by atoms with Gasteiger partial charge in [0.05, 0.1) is 17.9 Å². The highest BCUT2D eigenvalue weighted by molar-refractivity contribution is 7.67. The van der Waals surface area contributed by atoms with Gasteiger partial charge in [0.15, 0.2) is 0 Å². The van der Waals surface area contributed by atoms with E-state index in [4.69, 9.17) is 4.84 Å². The molecule has 3 aliphatic rings. The van der Waals surface area contributed by atoms with Gasteiger partial charge in [-0.3, -0.25) is 14.3 Å². The van der Waals surface area contributed by atoms with Crippen molar-refractivity contribution in [3.05, 3.63) is 17.5 Å². The standard InChI is InChI=1S/C14H20N6O6S/c1-18-11-5-15-6-12(9(11)4-16-18)25-17-13(21)10-3-2-8-7-19(10)14(22)20(8)26-27(23)24/h4,8,10,12,15,27H,2-3,5-7H2,1H3,(H,17,21)/t8-,10+,12?/m1/s1. The normalized spacial score (nSPS) is 27.2. The molecule has 2 bridgehead atoms. The summed E-state index contributed by atoms with van der Waals surface area (Å²) >= 11 is 0. The molecule has 2 fully saturated rings. The summed E-state index contributed by atoms with van der Waals surface area (Å²) in [5.41, 5.74) is 4.32. The van der Waals surface area contributed by atoms with Gasteiger partial charge in [-0.25, -0.2) is 18.7 Å². The molecule has 0 saturated carbocycles. The fraction of sp³-hybridized carbons (Fsp3) is 0.643. The van der Waals surface area contributed by atoms with Crippen LogP contribution < -0.4 is 10.8 Å². The average Bonchev–Trinajstić information content (AvgIpc) is 3.14. The highest BCUT2D eigenvalue weighted by Crippen LogP contribution is 2.30. The Hall–Kier alpha value is -2.22. The molecule has 1 aromatic rings. The molecule has 148 valence electrons. The van der Waals surface area contributed by atoms with Gasteiger partial charge in [-0.05, 0) is 12.8 Å². The first-order valence-corrected chi connectivity index (χ1v) is 9.64. The van der Waals surface area contributed by atoms with E-state index in [1.807, 2.05) is 7.05 Å². The average molecular weight is 400 g/mol. The number of hydrogen-bond acceptors (Lipinski definition) is 8. The summed E-state index contributed by atoms with van der Waals surface area (Å²) in [6.07, 6.45) is 2.17. The van der Waals surface area contributed by atoms with E-state index in [-0.39, 0.29) is 18.7 Å². The van der Waals surface area contributed by atoms with Crippen LogP contribution in [0.15, 0.2) is 6.20 Å². The first-order chi connectivity index (χ1) is 13.0. The van der Waals surface area contributed by atoms with Crippen LogP contribution in [0.5, 0.6) is 0 Å². The molecule has 3 aliphatic heterocycles. The first kappa shape index (κ1) is 18.2. The molecule has 4 rings (SSSR count). The van der Waals surface area contributed by atoms with Crippen molar-refractivity contribution in [2.24, 2.45) is 7.05 Å². The molecule has 3 atom stereocenters. The van der Waals surface area contributed by atoms with Crippen LogP contribution >= 0.6 is 0 Å². The highest BCUT2D eigenvalue weighted by atomic mass is 32.2. The second-order valence-corrected chi connectivity index (χ2v) is 7.30. The van der Waals surface area contributed by atoms with Crippen molar-refractivity contribution in [3.63, 3.8) is 0 Å². The van der Waals surface area contributed by atoms with Crippen molar-refractivity contribution in [3.8, 4) is 0 Å². The van der Waals surface area contributed by atoms with E-state index < -0.39 is 29.0 Å². The lowest BCUT2D eigenvalue weighted by Crippen LogP contribution is -2.50. The van der Waals surface area contributed by atoms with Crippen molar-refractivity contribution >= 4 is 22.9 Å². The Kier molecular flexibility index (Phi) is 4.75. The van der Waals surface area contributed by atoms with Gasteiger partial charge in [0.25, 0.3) is 16.9 Å². The number of rotatable bonds is 5. The number of piperidine rings is 1. The summed E-state index contributed by atoms with van der Waals surface area (Å²) in [6.45, 7) is 1.42. The summed E-state index contributed by atoms with van der Waals surface area (Å²) in [7, 11) is -1.36. The fourth-order valence-electron chi connectivity index (χ4n) is 3.78. The number of carbonyl (C=O) groups is 2. The van der Waals surface area contributed by atoms with Gasteiger partial charge >= 0.3 is 6.03 Å². The van der Waals surface area contributed by atoms with Gasteiger partial charge in [0.1, 0.15) is 12.1 Å². The Morgan fingerprint density at radius 3 is 3.00 bits per heavy atom. The maximum atomic E-state index is 12.6. The number of aromatic nitrogens is 2. The lowest BCUT2D eigenvalue weighted by Gasteiger charge is -2.30. The van der Waals surface area contributed by atoms with Crippen LogP contribution in [0.4, 0.5) is 4.79 Å². The zero-order valence-electron chi connectivity index (χ0n) is 14.5. The number of nitrogens with zero attached hydrogens (tertiary/aromatic N) is 4. The van der Waals surface area contributed by atoms with Crippen molar-refractivity contribution in [2.45, 2.75) is 37.6 Å². The van der Waals surface area contributed by atoms with Crippen LogP contribution in [0.3, 0.4) is 0 Å². The Balaban J connectivity index is 1.39. The summed E-state index contributed by atoms with van der Waals surface area (Å²) in [4.78, 5) is 31.8. The molecule has 2 saturated heterocycles. The molecular formula is C14H20N6O6S. The summed E-state index contributed by atoms with van der Waals surface area (Å²) < 4.78 is 27.9. The number of carbonyl (C=O) groups excluding carboxylic acids is 2. The molecule has 0 spiro atoms. The number of nitrogens with one attached hydrogen (secondary N) is 2. The SMILES string of the molecule is Cn1ncc2c1CNCC2ONC(=O)[C@@H]1CC[C@@H]2CN1C(=O)N2O[SH](=O)=O. The quantitative estimate of drug-likeness (QED) is 0.395. The van der Waals surface area contributed by atoms with Crippen LogP contribution in [0.1, 0.15) is 30.2 Å². The zero-order chi connectivity index (χ0) is 19.1. The van der Waals surface area contributed by atoms with Crippen LogP contribution in [0, 0.1) is 0 Å². The molecular weight excluding hydrogens is 380 g/mol. The van der Waals surface area contributed by atoms with Crippen LogP contribution in [0.2, 0.25) is 0 Å². The predicted octanol–water partition coefficient (Wildman–Crippen LogP) is -1.66. The number of amides is 3. The number of hydroxylamine groups is 3. The molecule has 0 radical (unpaired) electrons. The Morgan fingerprint density at radius 2 is 2.22 bits per heavy atom. The summed E-state index contributed by atoms with van der Waals surface area (Å²) in [6, 6.07) is -1.75. The minimum absolute atomic E-state index is 0.234. The molecule has 1 aromatic heterocycles. The van der Waals surface area contributed by atoms with E-state index in [1.165, 1.54) is 4.90 Å². The number of fused-ring (bicyclic) bond motifs is 3. The van der Waals surface area contributed by atoms with E-state index >= 15 is 0 Å². The van der Waals surface area contributed by atoms with Gasteiger partial charge in [0.2, 0.25) is 0 Å². The molecule has 0 aliphatic carbocycles. The Labute approximate surface area is 156 Å². The van der Waals surface area contributed by atoms with Gasteiger partial charge in [-0.2, -0.15) is 10.2 Å². The third kappa shape index (κ3) is 3.26. The molecule has 1 unspecified atom stereocenters. The molecule has 3 amide bonds. The van der Waals surface area contributed by atoms with Crippen LogP contribution in [0.25, 0.3) is 0 Å². The van der Waals surface area contributed by atoms with E-state index in [9.17, 15) is 18.0 Å². The minimum atomic E-state index is -3.19. The number of hydrogen-bond donors (Lipinski definition) is 3. The second-order valence-electron chi connectivity index (χ2n) is 6.69. The zero-order valence-corrected chi connectivity index (χ0v) is 15.4. The van der Waals surface area contributed by atoms with Gasteiger partial charge < -0.3 is 10.2 Å². The number of urea groups is 1. The Morgan fingerprint density at radius 1 is 1.41 bits per heavy atom. The Bertz CT molecular complexity index is 832. The van der Waals surface area contributed by atoms with Crippen LogP contribution in [-0.4, -0.2) is 65.3 Å². The monoisotopic (exact) mass is 400 g/mol. The third-order valence-electron chi connectivity index (χ3n) is 5.14. The van der Waals surface area contributed by atoms with Gasteiger partial charge in [0, 0.05) is 32.2 Å². The van der Waals surface area contributed by atoms with Crippen molar-refractivity contribution in [1.82, 2.24) is 30.5 Å². The molecule has 0 aromatic carbocycles. The lowest BCUT2D eigenvalue weighted by molar-refractivity contribution is -0.144. The molecule has 12 nitrogen and oxygen atoms in total. The smallest absolute Gasteiger partial charge is 0.309 e. The van der Waals surface area contributed by atoms with Gasteiger partial charge in [-0.15, -0.1) is 4.28 Å². The van der Waals surface area contributed by atoms with E-state index in [2.05, 4.69) is 20.2 Å². The number of aryl methyl sites for hydroxylation is 1. The largest absolute Gasteiger partial charge is 0.346 e. The van der Waals surface area contributed by atoms with Crippen molar-refractivity contribution < 1.29 is 27.1 Å². The van der Waals surface area contributed by atoms with Crippen molar-refractivity contribution in [2.75, 3.05) is 13.1 Å². The topological polar surface area (TPSA) is 135 Å². The van der Waals surface area contributed by atoms with E-state index in [1.54, 1.807) is 10.9 Å². The van der Waals surface area contributed by atoms with Crippen molar-refractivity contribution in [1.29, 1.82) is 0 Å². The molecule has 13 heteroatoms. The lowest BCUT2D eigenvalue weighted by atomic mass is 10.0. The van der Waals surface area contributed by atoms with E-state index in [0.717, 1.165) is 16.3 Å². The second kappa shape index (κ2) is 7.07. The predicted molar refractivity (Wildman–Crippen MR) is 89.0 cm³/mol. The molecule has 27 heavy (non-hydrogen) atoms. The fourth-order valence-corrected chi connectivity index (χ4v) is 4.13. The third-order valence-corrected chi connectivity index (χ3v) is 5.45. The highest BCUT2D eigenvalue weighted by Gasteiger charge is 2.48. The molecule has 2 N–H and O–H groups in total.